The lowest BCUT2D eigenvalue weighted by Gasteiger charge is -2.17. The molecule has 0 saturated heterocycles. The van der Waals surface area contributed by atoms with Crippen molar-refractivity contribution in [3.8, 4) is 5.75 Å². The van der Waals surface area contributed by atoms with Crippen LogP contribution in [-0.2, 0) is 6.61 Å². The zero-order chi connectivity index (χ0) is 17.0. The molecule has 0 unspecified atom stereocenters. The average molecular weight is 390 g/mol. The van der Waals surface area contributed by atoms with Crippen LogP contribution in [-0.4, -0.2) is 23.1 Å². The van der Waals surface area contributed by atoms with Crippen LogP contribution < -0.4 is 15.9 Å². The van der Waals surface area contributed by atoms with E-state index in [0.29, 0.717) is 20.7 Å². The highest BCUT2D eigenvalue weighted by atomic mass is 35.5. The van der Waals surface area contributed by atoms with Gasteiger partial charge in [0.1, 0.15) is 17.2 Å². The fourth-order valence-electron chi connectivity index (χ4n) is 1.63. The molecule has 1 heterocycles. The van der Waals surface area contributed by atoms with Crippen LogP contribution >= 0.6 is 46.8 Å². The SMILES string of the molecule is CN(NC(=O)c1sccc1OCc1ccc(Cl)cc1Cl)C(N)=S. The first-order valence-electron chi connectivity index (χ1n) is 6.37. The summed E-state index contributed by atoms with van der Waals surface area (Å²) in [6.45, 7) is 0.220. The standard InChI is InChI=1S/C14H13Cl2N3O2S2/c1-19(14(17)22)18-13(20)12-11(4-5-23-12)21-7-8-2-3-9(15)6-10(8)16/h2-6H,7H2,1H3,(H2,17,22)(H,18,20). The topological polar surface area (TPSA) is 67.6 Å². The Bertz CT molecular complexity index is 737. The molecule has 0 aliphatic carbocycles. The Morgan fingerprint density at radius 2 is 2.17 bits per heavy atom. The van der Waals surface area contributed by atoms with Gasteiger partial charge < -0.3 is 10.5 Å². The molecule has 0 fully saturated rings. The van der Waals surface area contributed by atoms with Gasteiger partial charge in [0, 0.05) is 22.7 Å². The van der Waals surface area contributed by atoms with Crippen LogP contribution in [0.15, 0.2) is 29.6 Å². The summed E-state index contributed by atoms with van der Waals surface area (Å²) in [6.07, 6.45) is 0. The van der Waals surface area contributed by atoms with Crippen LogP contribution in [0.25, 0.3) is 0 Å². The van der Waals surface area contributed by atoms with Gasteiger partial charge in [-0.25, -0.2) is 0 Å². The van der Waals surface area contributed by atoms with Crippen molar-refractivity contribution in [3.63, 3.8) is 0 Å². The number of nitrogens with two attached hydrogens (primary N) is 1. The zero-order valence-electron chi connectivity index (χ0n) is 12.0. The van der Waals surface area contributed by atoms with Crippen LogP contribution in [0.2, 0.25) is 10.0 Å². The summed E-state index contributed by atoms with van der Waals surface area (Å²) in [6, 6.07) is 6.85. The number of carbonyl (C=O) groups excluding carboxylic acids is 1. The third-order valence-electron chi connectivity index (χ3n) is 2.83. The third kappa shape index (κ3) is 4.71. The Balaban J connectivity index is 2.06. The number of rotatable bonds is 4. The monoisotopic (exact) mass is 389 g/mol. The van der Waals surface area contributed by atoms with E-state index < -0.39 is 0 Å². The van der Waals surface area contributed by atoms with Crippen molar-refractivity contribution in [2.75, 3.05) is 7.05 Å². The molecule has 1 amide bonds. The number of amides is 1. The maximum absolute atomic E-state index is 12.2. The number of benzene rings is 1. The molecule has 9 heteroatoms. The van der Waals surface area contributed by atoms with Crippen molar-refractivity contribution in [2.45, 2.75) is 6.61 Å². The minimum atomic E-state index is -0.354. The first-order valence-corrected chi connectivity index (χ1v) is 8.41. The second-order valence-electron chi connectivity index (χ2n) is 4.48. The highest BCUT2D eigenvalue weighted by Gasteiger charge is 2.17. The van der Waals surface area contributed by atoms with Crippen LogP contribution in [0, 0.1) is 0 Å². The fraction of sp³-hybridized carbons (Fsp3) is 0.143. The van der Waals surface area contributed by atoms with Crippen molar-refractivity contribution in [1.29, 1.82) is 0 Å². The van der Waals surface area contributed by atoms with Crippen LogP contribution in [0.5, 0.6) is 5.75 Å². The van der Waals surface area contributed by atoms with Gasteiger partial charge in [0.25, 0.3) is 5.91 Å². The number of hydrogen-bond acceptors (Lipinski definition) is 4. The summed E-state index contributed by atoms with van der Waals surface area (Å²) in [5.74, 6) is 0.0994. The fourth-order valence-corrected chi connectivity index (χ4v) is 2.86. The first-order chi connectivity index (χ1) is 10.9. The molecule has 2 aromatic rings. The van der Waals surface area contributed by atoms with Gasteiger partial charge in [-0.2, -0.15) is 0 Å². The molecule has 0 atom stereocenters. The Hall–Kier alpha value is -1.54. The Morgan fingerprint density at radius 3 is 2.83 bits per heavy atom. The number of ether oxygens (including phenoxy) is 1. The summed E-state index contributed by atoms with van der Waals surface area (Å²) in [5.41, 5.74) is 8.75. The van der Waals surface area contributed by atoms with Gasteiger partial charge in [0.05, 0.1) is 0 Å². The highest BCUT2D eigenvalue weighted by Crippen LogP contribution is 2.27. The van der Waals surface area contributed by atoms with E-state index in [1.54, 1.807) is 36.7 Å². The molecule has 0 radical (unpaired) electrons. The number of thiocarbonyl (C=S) groups is 1. The molecular weight excluding hydrogens is 377 g/mol. The van der Waals surface area contributed by atoms with Crippen molar-refractivity contribution in [2.24, 2.45) is 5.73 Å². The maximum atomic E-state index is 12.2. The molecule has 0 aliphatic rings. The lowest BCUT2D eigenvalue weighted by atomic mass is 10.2. The molecular formula is C14H13Cl2N3O2S2. The smallest absolute Gasteiger partial charge is 0.283 e. The van der Waals surface area contributed by atoms with E-state index in [0.717, 1.165) is 5.56 Å². The van der Waals surface area contributed by atoms with Gasteiger partial charge in [0.2, 0.25) is 0 Å². The lowest BCUT2D eigenvalue weighted by molar-refractivity contribution is 0.0888. The number of halogens is 2. The third-order valence-corrected chi connectivity index (χ3v) is 4.59. The lowest BCUT2D eigenvalue weighted by Crippen LogP contribution is -2.45. The molecule has 1 aromatic heterocycles. The second kappa shape index (κ2) is 7.83. The Kier molecular flexibility index (Phi) is 6.06. The predicted octanol–water partition coefficient (Wildman–Crippen LogP) is 3.45. The number of carbonyl (C=O) groups is 1. The van der Waals surface area contributed by atoms with Crippen molar-refractivity contribution >= 4 is 57.8 Å². The van der Waals surface area contributed by atoms with Gasteiger partial charge >= 0.3 is 0 Å². The van der Waals surface area contributed by atoms with Crippen LogP contribution in [0.4, 0.5) is 0 Å². The van der Waals surface area contributed by atoms with Crippen LogP contribution in [0.1, 0.15) is 15.2 Å². The van der Waals surface area contributed by atoms with E-state index >= 15 is 0 Å². The van der Waals surface area contributed by atoms with E-state index in [1.165, 1.54) is 16.3 Å². The molecule has 122 valence electrons. The molecule has 0 spiro atoms. The molecule has 1 aromatic carbocycles. The minimum absolute atomic E-state index is 0.0605. The molecule has 2 rings (SSSR count). The highest BCUT2D eigenvalue weighted by molar-refractivity contribution is 7.80. The van der Waals surface area contributed by atoms with Gasteiger partial charge in [0.15, 0.2) is 5.11 Å². The number of hydrogen-bond donors (Lipinski definition) is 2. The summed E-state index contributed by atoms with van der Waals surface area (Å²) in [4.78, 5) is 12.6. The van der Waals surface area contributed by atoms with E-state index in [4.69, 9.17) is 45.9 Å². The summed E-state index contributed by atoms with van der Waals surface area (Å²) in [7, 11) is 1.56. The second-order valence-corrected chi connectivity index (χ2v) is 6.65. The molecule has 5 nitrogen and oxygen atoms in total. The van der Waals surface area contributed by atoms with E-state index in [2.05, 4.69) is 5.43 Å². The predicted molar refractivity (Wildman–Crippen MR) is 97.1 cm³/mol. The quantitative estimate of drug-likeness (QED) is 0.618. The number of nitrogens with zero attached hydrogens (tertiary/aromatic N) is 1. The number of thiophene rings is 1. The summed E-state index contributed by atoms with van der Waals surface area (Å²) >= 11 is 18.0. The van der Waals surface area contributed by atoms with Gasteiger partial charge in [-0.3, -0.25) is 15.2 Å². The van der Waals surface area contributed by atoms with Gasteiger partial charge in [-0.05, 0) is 35.8 Å². The molecule has 0 saturated carbocycles. The number of nitrogens with one attached hydrogen (secondary N) is 1. The van der Waals surface area contributed by atoms with E-state index in [-0.39, 0.29) is 17.6 Å². The minimum Gasteiger partial charge on any atom is -0.487 e. The number of hydrazine groups is 1. The maximum Gasteiger partial charge on any atom is 0.283 e. The summed E-state index contributed by atoms with van der Waals surface area (Å²) < 4.78 is 5.69. The Morgan fingerprint density at radius 1 is 1.43 bits per heavy atom. The normalized spacial score (nSPS) is 10.2. The molecule has 0 bridgehead atoms. The zero-order valence-corrected chi connectivity index (χ0v) is 15.2. The van der Waals surface area contributed by atoms with Crippen molar-refractivity contribution in [3.05, 3.63) is 50.1 Å². The van der Waals surface area contributed by atoms with Gasteiger partial charge in [-0.15, -0.1) is 11.3 Å². The first kappa shape index (κ1) is 17.8. The molecule has 23 heavy (non-hydrogen) atoms. The average Bonchev–Trinajstić information content (AvgIpc) is 2.94. The largest absolute Gasteiger partial charge is 0.487 e. The van der Waals surface area contributed by atoms with Gasteiger partial charge in [-0.1, -0.05) is 29.3 Å². The molecule has 0 aliphatic heterocycles. The van der Waals surface area contributed by atoms with E-state index in [1.807, 2.05) is 0 Å². The molecule has 3 N–H and O–H groups in total. The summed E-state index contributed by atoms with van der Waals surface area (Å²) in [5, 5.41) is 4.14. The Labute approximate surface area is 152 Å². The van der Waals surface area contributed by atoms with Crippen LogP contribution in [0.3, 0.4) is 0 Å². The van der Waals surface area contributed by atoms with Crippen molar-refractivity contribution < 1.29 is 9.53 Å². The van der Waals surface area contributed by atoms with Crippen molar-refractivity contribution in [1.82, 2.24) is 10.4 Å². The van der Waals surface area contributed by atoms with E-state index in [9.17, 15) is 4.79 Å².